The molecule has 1 amide bonds. The van der Waals surface area contributed by atoms with Gasteiger partial charge in [-0.05, 0) is 77.0 Å². The number of hydrogen-bond acceptors (Lipinski definition) is 5. The molecule has 0 saturated carbocycles. The van der Waals surface area contributed by atoms with E-state index in [2.05, 4.69) is 43.5 Å². The number of ether oxygens (including phenoxy) is 1. The minimum Gasteiger partial charge on any atom is -0.466 e. The van der Waals surface area contributed by atoms with Crippen LogP contribution in [0.5, 0.6) is 0 Å². The van der Waals surface area contributed by atoms with Crippen molar-refractivity contribution in [2.45, 2.75) is 392 Å². The first-order valence-electron chi connectivity index (χ1n) is 34.8. The maximum Gasteiger partial charge on any atom is 0.305 e. The summed E-state index contributed by atoms with van der Waals surface area (Å²) in [5.74, 6) is -0.0574. The van der Waals surface area contributed by atoms with Crippen LogP contribution in [-0.2, 0) is 14.3 Å². The zero-order chi connectivity index (χ0) is 55.7. The molecule has 0 aromatic rings. The van der Waals surface area contributed by atoms with Crippen molar-refractivity contribution >= 4 is 11.9 Å². The minimum absolute atomic E-state index is 0.00587. The average Bonchev–Trinajstić information content (AvgIpc) is 3.43. The standard InChI is InChI=1S/C71H135NO5/c1-3-5-7-9-11-13-15-16-17-18-31-34-37-40-44-47-51-55-59-63-69(74)68(67-73)72-70(75)64-60-56-52-48-45-41-38-35-32-29-27-25-23-21-19-20-22-24-26-28-30-33-36-39-42-46-50-54-58-62-66-77-71(76)65-61-57-53-49-43-14-12-10-8-6-4-2/h10,12,20,22,59,63,68-69,73-74H,3-9,11,13-19,21,23-58,60-62,64-67H2,1-2H3,(H,72,75)/b12-10-,22-20-,63-59+. The molecule has 2 unspecified atom stereocenters. The van der Waals surface area contributed by atoms with Crippen LogP contribution in [0.1, 0.15) is 380 Å². The summed E-state index contributed by atoms with van der Waals surface area (Å²) in [6.45, 7) is 4.89. The van der Waals surface area contributed by atoms with E-state index in [-0.39, 0.29) is 18.5 Å². The second kappa shape index (κ2) is 66.6. The van der Waals surface area contributed by atoms with Gasteiger partial charge in [-0.1, -0.05) is 326 Å². The average molecular weight is 1080 g/mol. The largest absolute Gasteiger partial charge is 0.466 e. The van der Waals surface area contributed by atoms with Gasteiger partial charge in [-0.15, -0.1) is 0 Å². The van der Waals surface area contributed by atoms with Crippen LogP contribution in [0, 0.1) is 0 Å². The normalized spacial score (nSPS) is 12.7. The highest BCUT2D eigenvalue weighted by atomic mass is 16.5. The minimum atomic E-state index is -0.844. The van der Waals surface area contributed by atoms with E-state index in [4.69, 9.17) is 4.74 Å². The first kappa shape index (κ1) is 75.1. The Bertz CT molecular complexity index is 1250. The summed E-state index contributed by atoms with van der Waals surface area (Å²) in [6, 6.07) is -0.627. The van der Waals surface area contributed by atoms with Gasteiger partial charge in [-0.25, -0.2) is 0 Å². The maximum absolute atomic E-state index is 12.5. The van der Waals surface area contributed by atoms with Crippen molar-refractivity contribution in [2.75, 3.05) is 13.2 Å². The van der Waals surface area contributed by atoms with Crippen LogP contribution in [0.25, 0.3) is 0 Å². The first-order valence-corrected chi connectivity index (χ1v) is 34.8. The van der Waals surface area contributed by atoms with E-state index < -0.39 is 12.1 Å². The number of esters is 1. The number of allylic oxidation sites excluding steroid dienone is 5. The molecule has 0 saturated heterocycles. The lowest BCUT2D eigenvalue weighted by Gasteiger charge is -2.20. The molecule has 77 heavy (non-hydrogen) atoms. The van der Waals surface area contributed by atoms with Gasteiger partial charge >= 0.3 is 5.97 Å². The van der Waals surface area contributed by atoms with Gasteiger partial charge in [0.1, 0.15) is 0 Å². The molecule has 0 fully saturated rings. The van der Waals surface area contributed by atoms with Gasteiger partial charge in [0.25, 0.3) is 0 Å². The fourth-order valence-electron chi connectivity index (χ4n) is 10.8. The SMILES string of the molecule is CCCC/C=C\CCCCCCCC(=O)OCCCCCCCCCCCCCC/C=C\CCCCCCCCCCCCCCCCC(=O)NC(CO)C(O)/C=C/CCCCCCCCCCCCCCCCCCC. The van der Waals surface area contributed by atoms with Gasteiger partial charge < -0.3 is 20.3 Å². The second-order valence-corrected chi connectivity index (χ2v) is 23.9. The first-order chi connectivity index (χ1) is 38.0. The van der Waals surface area contributed by atoms with Gasteiger partial charge in [0.15, 0.2) is 0 Å². The Labute approximate surface area is 481 Å². The number of nitrogens with one attached hydrogen (secondary N) is 1. The number of aliphatic hydroxyl groups excluding tert-OH is 2. The quantitative estimate of drug-likeness (QED) is 0.0320. The molecule has 2 atom stereocenters. The molecule has 0 rings (SSSR count). The molecule has 0 aliphatic carbocycles. The molecule has 0 bridgehead atoms. The third-order valence-corrected chi connectivity index (χ3v) is 16.1. The predicted molar refractivity (Wildman–Crippen MR) is 338 cm³/mol. The summed E-state index contributed by atoms with van der Waals surface area (Å²) < 4.78 is 5.46. The van der Waals surface area contributed by atoms with Crippen LogP contribution >= 0.6 is 0 Å². The van der Waals surface area contributed by atoms with Crippen LogP contribution < -0.4 is 5.32 Å². The fourth-order valence-corrected chi connectivity index (χ4v) is 10.8. The Morgan fingerprint density at radius 2 is 0.623 bits per heavy atom. The van der Waals surface area contributed by atoms with E-state index >= 15 is 0 Å². The van der Waals surface area contributed by atoms with E-state index in [0.717, 1.165) is 44.9 Å². The molecule has 0 aromatic heterocycles. The van der Waals surface area contributed by atoms with E-state index in [1.807, 2.05) is 6.08 Å². The van der Waals surface area contributed by atoms with Gasteiger partial charge in [0.05, 0.1) is 25.4 Å². The fraction of sp³-hybridized carbons (Fsp3) is 0.887. The van der Waals surface area contributed by atoms with Crippen molar-refractivity contribution in [2.24, 2.45) is 0 Å². The number of aliphatic hydroxyl groups is 2. The lowest BCUT2D eigenvalue weighted by molar-refractivity contribution is -0.143. The van der Waals surface area contributed by atoms with Crippen molar-refractivity contribution in [3.63, 3.8) is 0 Å². The van der Waals surface area contributed by atoms with Crippen LogP contribution in [0.2, 0.25) is 0 Å². The molecule has 6 nitrogen and oxygen atoms in total. The molecule has 0 aliphatic heterocycles. The van der Waals surface area contributed by atoms with E-state index in [1.165, 1.54) is 308 Å². The molecule has 0 aliphatic rings. The highest BCUT2D eigenvalue weighted by Gasteiger charge is 2.18. The van der Waals surface area contributed by atoms with Crippen LogP contribution in [0.4, 0.5) is 0 Å². The number of rotatable bonds is 65. The summed E-state index contributed by atoms with van der Waals surface area (Å²) >= 11 is 0. The van der Waals surface area contributed by atoms with Crippen molar-refractivity contribution in [3.05, 3.63) is 36.5 Å². The highest BCUT2D eigenvalue weighted by molar-refractivity contribution is 5.76. The molecule has 0 spiro atoms. The van der Waals surface area contributed by atoms with E-state index in [1.54, 1.807) is 6.08 Å². The summed E-state index contributed by atoms with van der Waals surface area (Å²) in [6.07, 6.45) is 85.1. The number of amides is 1. The van der Waals surface area contributed by atoms with Gasteiger partial charge in [-0.2, -0.15) is 0 Å². The number of unbranched alkanes of at least 4 members (excludes halogenated alkanes) is 50. The topological polar surface area (TPSA) is 95.9 Å². The Balaban J connectivity index is 3.40. The molecule has 3 N–H and O–H groups in total. The van der Waals surface area contributed by atoms with Crippen LogP contribution in [0.15, 0.2) is 36.5 Å². The van der Waals surface area contributed by atoms with Crippen LogP contribution in [0.3, 0.4) is 0 Å². The molecule has 0 aromatic carbocycles. The van der Waals surface area contributed by atoms with Gasteiger partial charge in [0, 0.05) is 12.8 Å². The Hall–Kier alpha value is -1.92. The lowest BCUT2D eigenvalue weighted by atomic mass is 10.0. The van der Waals surface area contributed by atoms with Crippen molar-refractivity contribution in [1.82, 2.24) is 5.32 Å². The van der Waals surface area contributed by atoms with Crippen molar-refractivity contribution in [3.8, 4) is 0 Å². The zero-order valence-electron chi connectivity index (χ0n) is 52.0. The van der Waals surface area contributed by atoms with Crippen LogP contribution in [-0.4, -0.2) is 47.4 Å². The maximum atomic E-state index is 12.5. The molecular weight excluding hydrogens is 947 g/mol. The molecule has 0 radical (unpaired) electrons. The smallest absolute Gasteiger partial charge is 0.305 e. The lowest BCUT2D eigenvalue weighted by Crippen LogP contribution is -2.45. The number of carbonyl (C=O) groups is 2. The van der Waals surface area contributed by atoms with E-state index in [0.29, 0.717) is 19.4 Å². The Morgan fingerprint density at radius 1 is 0.351 bits per heavy atom. The second-order valence-electron chi connectivity index (χ2n) is 23.9. The molecule has 6 heteroatoms. The molecule has 454 valence electrons. The molecular formula is C71H135NO5. The highest BCUT2D eigenvalue weighted by Crippen LogP contribution is 2.18. The summed E-state index contributed by atoms with van der Waals surface area (Å²) in [5, 5.41) is 23.2. The monoisotopic (exact) mass is 1080 g/mol. The predicted octanol–water partition coefficient (Wildman–Crippen LogP) is 22.3. The zero-order valence-corrected chi connectivity index (χ0v) is 52.0. The Morgan fingerprint density at radius 3 is 0.961 bits per heavy atom. The summed E-state index contributed by atoms with van der Waals surface area (Å²) in [5.41, 5.74) is 0. The molecule has 0 heterocycles. The van der Waals surface area contributed by atoms with E-state index in [9.17, 15) is 19.8 Å². The number of carbonyl (C=O) groups excluding carboxylic acids is 2. The summed E-state index contributed by atoms with van der Waals surface area (Å²) in [7, 11) is 0. The summed E-state index contributed by atoms with van der Waals surface area (Å²) in [4.78, 5) is 24.5. The van der Waals surface area contributed by atoms with Gasteiger partial charge in [-0.3, -0.25) is 9.59 Å². The van der Waals surface area contributed by atoms with Gasteiger partial charge in [0.2, 0.25) is 5.91 Å². The third kappa shape index (κ3) is 63.1. The Kier molecular flexibility index (Phi) is 64.9. The van der Waals surface area contributed by atoms with Crippen molar-refractivity contribution in [1.29, 1.82) is 0 Å². The number of hydrogen-bond donors (Lipinski definition) is 3. The van der Waals surface area contributed by atoms with Crippen molar-refractivity contribution < 1.29 is 24.5 Å². The third-order valence-electron chi connectivity index (χ3n) is 16.1.